The van der Waals surface area contributed by atoms with E-state index in [4.69, 9.17) is 4.52 Å². The summed E-state index contributed by atoms with van der Waals surface area (Å²) in [7, 11) is 0. The lowest BCUT2D eigenvalue weighted by Crippen LogP contribution is -2.53. The molecule has 4 fully saturated rings. The van der Waals surface area contributed by atoms with E-state index in [-0.39, 0.29) is 17.2 Å². The SMILES string of the molecule is Cc1cc(CNC(=O)c2ccc(CNC(=O)C34CC5CC(CC(C5)C3)C4)cc2)no1. The molecule has 6 heteroatoms. The highest BCUT2D eigenvalue weighted by atomic mass is 16.5. The van der Waals surface area contributed by atoms with Gasteiger partial charge in [0.25, 0.3) is 5.91 Å². The van der Waals surface area contributed by atoms with Crippen molar-refractivity contribution in [2.24, 2.45) is 23.2 Å². The summed E-state index contributed by atoms with van der Waals surface area (Å²) in [6.07, 6.45) is 7.25. The Balaban J connectivity index is 1.15. The van der Waals surface area contributed by atoms with Crippen LogP contribution in [0.4, 0.5) is 0 Å². The molecule has 4 aliphatic rings. The molecule has 1 aromatic carbocycles. The lowest BCUT2D eigenvalue weighted by atomic mass is 9.49. The maximum Gasteiger partial charge on any atom is 0.251 e. The van der Waals surface area contributed by atoms with Crippen molar-refractivity contribution in [1.82, 2.24) is 15.8 Å². The Morgan fingerprint density at radius 1 is 1.00 bits per heavy atom. The zero-order valence-corrected chi connectivity index (χ0v) is 17.4. The van der Waals surface area contributed by atoms with Gasteiger partial charge in [0.05, 0.1) is 6.54 Å². The van der Waals surface area contributed by atoms with Crippen molar-refractivity contribution >= 4 is 11.8 Å². The number of carbonyl (C=O) groups excluding carboxylic acids is 2. The van der Waals surface area contributed by atoms with Crippen LogP contribution in [0.5, 0.6) is 0 Å². The molecule has 4 bridgehead atoms. The quantitative estimate of drug-likeness (QED) is 0.764. The van der Waals surface area contributed by atoms with Crippen LogP contribution >= 0.6 is 0 Å². The molecule has 1 heterocycles. The summed E-state index contributed by atoms with van der Waals surface area (Å²) in [5.41, 5.74) is 2.18. The lowest BCUT2D eigenvalue weighted by Gasteiger charge is -2.55. The van der Waals surface area contributed by atoms with Crippen molar-refractivity contribution in [2.45, 2.75) is 58.5 Å². The third-order valence-electron chi connectivity index (χ3n) is 7.30. The summed E-state index contributed by atoms with van der Waals surface area (Å²) in [6.45, 7) is 2.67. The smallest absolute Gasteiger partial charge is 0.251 e. The molecule has 158 valence electrons. The van der Waals surface area contributed by atoms with Gasteiger partial charge in [-0.3, -0.25) is 9.59 Å². The minimum atomic E-state index is -0.153. The Bertz CT molecular complexity index is 912. The lowest BCUT2D eigenvalue weighted by molar-refractivity contribution is -0.146. The summed E-state index contributed by atoms with van der Waals surface area (Å²) in [5.74, 6) is 3.10. The highest BCUT2D eigenvalue weighted by molar-refractivity contribution is 5.94. The number of amides is 2. The monoisotopic (exact) mass is 407 g/mol. The topological polar surface area (TPSA) is 84.2 Å². The second-order valence-corrected chi connectivity index (χ2v) is 9.69. The summed E-state index contributed by atoms with van der Waals surface area (Å²) in [6, 6.07) is 9.23. The van der Waals surface area contributed by atoms with E-state index in [9.17, 15) is 9.59 Å². The Morgan fingerprint density at radius 2 is 1.63 bits per heavy atom. The number of nitrogens with one attached hydrogen (secondary N) is 2. The maximum absolute atomic E-state index is 13.1. The van der Waals surface area contributed by atoms with E-state index in [1.165, 1.54) is 19.3 Å². The van der Waals surface area contributed by atoms with E-state index < -0.39 is 0 Å². The predicted molar refractivity (Wildman–Crippen MR) is 111 cm³/mol. The first-order chi connectivity index (χ1) is 14.5. The maximum atomic E-state index is 13.1. The molecule has 30 heavy (non-hydrogen) atoms. The number of aromatic nitrogens is 1. The molecule has 1 aromatic heterocycles. The van der Waals surface area contributed by atoms with E-state index in [1.54, 1.807) is 18.2 Å². The molecule has 0 spiro atoms. The number of nitrogens with zero attached hydrogens (tertiary/aromatic N) is 1. The Morgan fingerprint density at radius 3 is 2.20 bits per heavy atom. The molecule has 2 N–H and O–H groups in total. The van der Waals surface area contributed by atoms with Crippen LogP contribution in [0.3, 0.4) is 0 Å². The largest absolute Gasteiger partial charge is 0.361 e. The normalized spacial score (nSPS) is 29.0. The van der Waals surface area contributed by atoms with Crippen LogP contribution in [0.25, 0.3) is 0 Å². The molecule has 0 saturated heterocycles. The van der Waals surface area contributed by atoms with Gasteiger partial charge < -0.3 is 15.2 Å². The van der Waals surface area contributed by atoms with Crippen molar-refractivity contribution in [3.63, 3.8) is 0 Å². The van der Waals surface area contributed by atoms with Crippen molar-refractivity contribution in [3.05, 3.63) is 52.9 Å². The van der Waals surface area contributed by atoms with E-state index in [2.05, 4.69) is 15.8 Å². The third kappa shape index (κ3) is 3.75. The van der Waals surface area contributed by atoms with Crippen molar-refractivity contribution in [2.75, 3.05) is 0 Å². The van der Waals surface area contributed by atoms with Gasteiger partial charge in [-0.25, -0.2) is 0 Å². The molecule has 6 nitrogen and oxygen atoms in total. The Kier molecular flexibility index (Phi) is 4.88. The molecule has 0 radical (unpaired) electrons. The molecular weight excluding hydrogens is 378 g/mol. The van der Waals surface area contributed by atoms with Gasteiger partial charge >= 0.3 is 0 Å². The zero-order chi connectivity index (χ0) is 20.7. The van der Waals surface area contributed by atoms with Crippen molar-refractivity contribution in [3.8, 4) is 0 Å². The number of hydrogen-bond acceptors (Lipinski definition) is 4. The fourth-order valence-electron chi connectivity index (χ4n) is 6.31. The molecular formula is C24H29N3O3. The number of carbonyl (C=O) groups is 2. The average molecular weight is 408 g/mol. The standard InChI is InChI=1S/C24H29N3O3/c1-15-6-21(27-30-15)14-25-22(28)20-4-2-16(3-5-20)13-26-23(29)24-10-17-7-18(11-24)9-19(8-17)12-24/h2-6,17-19H,7-14H2,1H3,(H,25,28)(H,26,29). The Hall–Kier alpha value is -2.63. The molecule has 0 atom stereocenters. The highest BCUT2D eigenvalue weighted by Crippen LogP contribution is 2.60. The number of hydrogen-bond donors (Lipinski definition) is 2. The molecule has 2 aromatic rings. The van der Waals surface area contributed by atoms with E-state index >= 15 is 0 Å². The fraction of sp³-hybridized carbons (Fsp3) is 0.542. The summed E-state index contributed by atoms with van der Waals surface area (Å²) < 4.78 is 5.01. The Labute approximate surface area is 176 Å². The first-order valence-corrected chi connectivity index (χ1v) is 11.1. The van der Waals surface area contributed by atoms with Gasteiger partial charge in [0.1, 0.15) is 11.5 Å². The van der Waals surface area contributed by atoms with Crippen LogP contribution in [0.2, 0.25) is 0 Å². The van der Waals surface area contributed by atoms with Gasteiger partial charge in [-0.05, 0) is 80.9 Å². The minimum Gasteiger partial charge on any atom is -0.361 e. The summed E-state index contributed by atoms with van der Waals surface area (Å²) in [4.78, 5) is 25.4. The number of benzene rings is 1. The second-order valence-electron chi connectivity index (χ2n) is 9.69. The summed E-state index contributed by atoms with van der Waals surface area (Å²) >= 11 is 0. The van der Waals surface area contributed by atoms with Gasteiger partial charge in [0, 0.05) is 23.6 Å². The zero-order valence-electron chi connectivity index (χ0n) is 17.4. The predicted octanol–water partition coefficient (Wildman–Crippen LogP) is 3.75. The molecule has 2 amide bonds. The van der Waals surface area contributed by atoms with Gasteiger partial charge in [-0.15, -0.1) is 0 Å². The highest BCUT2D eigenvalue weighted by Gasteiger charge is 2.54. The number of rotatable bonds is 6. The number of aryl methyl sites for hydroxylation is 1. The third-order valence-corrected chi connectivity index (χ3v) is 7.30. The van der Waals surface area contributed by atoms with Gasteiger partial charge in [-0.1, -0.05) is 17.3 Å². The van der Waals surface area contributed by atoms with Crippen LogP contribution in [0, 0.1) is 30.1 Å². The first kappa shape index (κ1) is 19.3. The molecule has 4 saturated carbocycles. The summed E-state index contributed by atoms with van der Waals surface area (Å²) in [5, 5.41) is 9.91. The van der Waals surface area contributed by atoms with Crippen LogP contribution in [-0.2, 0) is 17.9 Å². The van der Waals surface area contributed by atoms with Crippen molar-refractivity contribution in [1.29, 1.82) is 0 Å². The minimum absolute atomic E-state index is 0.117. The van der Waals surface area contributed by atoms with Gasteiger partial charge in [0.2, 0.25) is 5.91 Å². The fourth-order valence-corrected chi connectivity index (χ4v) is 6.31. The van der Waals surface area contributed by atoms with Crippen LogP contribution in [0.15, 0.2) is 34.9 Å². The van der Waals surface area contributed by atoms with Crippen molar-refractivity contribution < 1.29 is 14.1 Å². The van der Waals surface area contributed by atoms with E-state index in [1.807, 2.05) is 19.1 Å². The average Bonchev–Trinajstić information content (AvgIpc) is 3.15. The second kappa shape index (κ2) is 7.56. The molecule has 0 aliphatic heterocycles. The van der Waals surface area contributed by atoms with E-state index in [0.717, 1.165) is 48.3 Å². The molecule has 0 unspecified atom stereocenters. The van der Waals surface area contributed by atoms with Crippen LogP contribution < -0.4 is 10.6 Å². The first-order valence-electron chi connectivity index (χ1n) is 11.1. The van der Waals surface area contributed by atoms with Crippen LogP contribution in [-0.4, -0.2) is 17.0 Å². The van der Waals surface area contributed by atoms with Gasteiger partial charge in [-0.2, -0.15) is 0 Å². The van der Waals surface area contributed by atoms with E-state index in [0.29, 0.717) is 24.3 Å². The van der Waals surface area contributed by atoms with Gasteiger partial charge in [0.15, 0.2) is 0 Å². The molecule has 6 rings (SSSR count). The molecule has 4 aliphatic carbocycles. The van der Waals surface area contributed by atoms with Crippen LogP contribution in [0.1, 0.15) is 65.9 Å².